The molecule has 0 saturated carbocycles. The van der Waals surface area contributed by atoms with Crippen molar-refractivity contribution in [2.24, 2.45) is 0 Å². The molecule has 0 radical (unpaired) electrons. The summed E-state index contributed by atoms with van der Waals surface area (Å²) in [5, 5.41) is 2.81. The Hall–Kier alpha value is -1.56. The van der Waals surface area contributed by atoms with E-state index in [4.69, 9.17) is 21.2 Å². The lowest BCUT2D eigenvalue weighted by Gasteiger charge is -2.14. The number of halogens is 1. The molecule has 1 aromatic carbocycles. The maximum Gasteiger partial charge on any atom is 0.277 e. The molecule has 1 heterocycles. The van der Waals surface area contributed by atoms with Crippen molar-refractivity contribution in [2.75, 3.05) is 27.9 Å². The SMILES string of the molecule is COCCCn1cc(Cl)c2ccc(C(=O)N(C)OC)cc21. The fourth-order valence-corrected chi connectivity index (χ4v) is 2.49. The van der Waals surface area contributed by atoms with E-state index >= 15 is 0 Å². The number of hydrogen-bond donors (Lipinski definition) is 0. The summed E-state index contributed by atoms with van der Waals surface area (Å²) in [5.74, 6) is -0.194. The summed E-state index contributed by atoms with van der Waals surface area (Å²) < 4.78 is 7.11. The van der Waals surface area contributed by atoms with E-state index in [2.05, 4.69) is 0 Å². The third-order valence-electron chi connectivity index (χ3n) is 3.39. The van der Waals surface area contributed by atoms with Crippen LogP contribution in [0.4, 0.5) is 0 Å². The smallest absolute Gasteiger partial charge is 0.277 e. The number of hydrogen-bond acceptors (Lipinski definition) is 3. The van der Waals surface area contributed by atoms with E-state index in [1.54, 1.807) is 20.2 Å². The lowest BCUT2D eigenvalue weighted by molar-refractivity contribution is -0.0756. The van der Waals surface area contributed by atoms with Crippen LogP contribution in [0.5, 0.6) is 0 Å². The maximum absolute atomic E-state index is 12.1. The number of aromatic nitrogens is 1. The molecule has 1 aromatic heterocycles. The second-order valence-corrected chi connectivity index (χ2v) is 5.14. The topological polar surface area (TPSA) is 43.7 Å². The second kappa shape index (κ2) is 6.93. The van der Waals surface area contributed by atoms with Crippen molar-refractivity contribution in [1.82, 2.24) is 9.63 Å². The number of nitrogens with zero attached hydrogens (tertiary/aromatic N) is 2. The number of ether oxygens (including phenoxy) is 1. The second-order valence-electron chi connectivity index (χ2n) is 4.73. The van der Waals surface area contributed by atoms with Crippen LogP contribution in [0.25, 0.3) is 10.9 Å². The van der Waals surface area contributed by atoms with Gasteiger partial charge in [0.25, 0.3) is 5.91 Å². The fraction of sp³-hybridized carbons (Fsp3) is 0.400. The highest BCUT2D eigenvalue weighted by Crippen LogP contribution is 2.27. The normalized spacial score (nSPS) is 11.0. The zero-order valence-electron chi connectivity index (χ0n) is 12.4. The average molecular weight is 311 g/mol. The molecule has 0 aliphatic heterocycles. The molecule has 6 heteroatoms. The van der Waals surface area contributed by atoms with Crippen molar-refractivity contribution in [3.63, 3.8) is 0 Å². The van der Waals surface area contributed by atoms with Crippen LogP contribution >= 0.6 is 11.6 Å². The van der Waals surface area contributed by atoms with Crippen LogP contribution in [0.2, 0.25) is 5.02 Å². The molecule has 0 aliphatic rings. The Morgan fingerprint density at radius 1 is 1.38 bits per heavy atom. The number of hydroxylamine groups is 2. The van der Waals surface area contributed by atoms with Gasteiger partial charge in [-0.05, 0) is 18.6 Å². The summed E-state index contributed by atoms with van der Waals surface area (Å²) >= 11 is 6.24. The van der Waals surface area contributed by atoms with Gasteiger partial charge in [-0.1, -0.05) is 17.7 Å². The largest absolute Gasteiger partial charge is 0.385 e. The van der Waals surface area contributed by atoms with Crippen LogP contribution in [0.15, 0.2) is 24.4 Å². The van der Waals surface area contributed by atoms with Gasteiger partial charge in [-0.2, -0.15) is 0 Å². The first-order valence-electron chi connectivity index (χ1n) is 6.68. The van der Waals surface area contributed by atoms with Gasteiger partial charge in [0.2, 0.25) is 0 Å². The van der Waals surface area contributed by atoms with Crippen molar-refractivity contribution in [2.45, 2.75) is 13.0 Å². The first kappa shape index (κ1) is 15.8. The minimum atomic E-state index is -0.194. The number of benzene rings is 1. The van der Waals surface area contributed by atoms with E-state index in [-0.39, 0.29) is 5.91 Å². The highest BCUT2D eigenvalue weighted by molar-refractivity contribution is 6.35. The van der Waals surface area contributed by atoms with Gasteiger partial charge in [0.15, 0.2) is 0 Å². The summed E-state index contributed by atoms with van der Waals surface area (Å²) in [7, 11) is 4.72. The molecule has 0 bridgehead atoms. The van der Waals surface area contributed by atoms with Gasteiger partial charge in [0, 0.05) is 44.5 Å². The minimum absolute atomic E-state index is 0.194. The summed E-state index contributed by atoms with van der Waals surface area (Å²) in [6.07, 6.45) is 2.77. The molecule has 0 atom stereocenters. The number of rotatable bonds is 6. The van der Waals surface area contributed by atoms with Crippen molar-refractivity contribution in [1.29, 1.82) is 0 Å². The molecule has 0 N–H and O–H groups in total. The summed E-state index contributed by atoms with van der Waals surface area (Å²) in [4.78, 5) is 17.1. The van der Waals surface area contributed by atoms with Crippen LogP contribution in [0.1, 0.15) is 16.8 Å². The average Bonchev–Trinajstić information content (AvgIpc) is 2.82. The van der Waals surface area contributed by atoms with Crippen LogP contribution < -0.4 is 0 Å². The standard InChI is InChI=1S/C15H19ClN2O3/c1-17(21-3)15(19)11-5-6-12-13(16)10-18(14(12)9-11)7-4-8-20-2/h5-6,9-10H,4,7-8H2,1-3H3. The number of methoxy groups -OCH3 is 1. The molecule has 114 valence electrons. The quantitative estimate of drug-likeness (QED) is 0.608. The van der Waals surface area contributed by atoms with Gasteiger partial charge >= 0.3 is 0 Å². The van der Waals surface area contributed by atoms with Crippen LogP contribution in [-0.4, -0.2) is 43.4 Å². The van der Waals surface area contributed by atoms with Gasteiger partial charge in [-0.3, -0.25) is 9.63 Å². The Labute approximate surface area is 128 Å². The fourth-order valence-electron chi connectivity index (χ4n) is 2.21. The monoisotopic (exact) mass is 310 g/mol. The van der Waals surface area contributed by atoms with Crippen LogP contribution in [0, 0.1) is 0 Å². The van der Waals surface area contributed by atoms with Crippen molar-refractivity contribution in [3.8, 4) is 0 Å². The highest BCUT2D eigenvalue weighted by Gasteiger charge is 2.14. The predicted molar refractivity (Wildman–Crippen MR) is 82.5 cm³/mol. The molecular formula is C15H19ClN2O3. The molecule has 5 nitrogen and oxygen atoms in total. The Balaban J connectivity index is 2.36. The molecule has 21 heavy (non-hydrogen) atoms. The molecule has 0 unspecified atom stereocenters. The van der Waals surface area contributed by atoms with Gasteiger partial charge in [-0.25, -0.2) is 5.06 Å². The summed E-state index contributed by atoms with van der Waals surface area (Å²) in [6.45, 7) is 1.47. The molecule has 0 fully saturated rings. The summed E-state index contributed by atoms with van der Waals surface area (Å²) in [5.41, 5.74) is 1.50. The lowest BCUT2D eigenvalue weighted by Crippen LogP contribution is -2.25. The summed E-state index contributed by atoms with van der Waals surface area (Å²) in [6, 6.07) is 5.46. The third-order valence-corrected chi connectivity index (χ3v) is 3.69. The lowest BCUT2D eigenvalue weighted by atomic mass is 10.1. The molecule has 2 rings (SSSR count). The number of fused-ring (bicyclic) bond motifs is 1. The molecule has 0 spiro atoms. The zero-order chi connectivity index (χ0) is 15.4. The number of amides is 1. The first-order valence-corrected chi connectivity index (χ1v) is 7.05. The maximum atomic E-state index is 12.1. The van der Waals surface area contributed by atoms with E-state index in [1.165, 1.54) is 12.2 Å². The molecular weight excluding hydrogens is 292 g/mol. The van der Waals surface area contributed by atoms with Crippen molar-refractivity contribution >= 4 is 28.4 Å². The Morgan fingerprint density at radius 3 is 2.81 bits per heavy atom. The number of carbonyl (C=O) groups excluding carboxylic acids is 1. The molecule has 1 amide bonds. The molecule has 2 aromatic rings. The van der Waals surface area contributed by atoms with E-state index < -0.39 is 0 Å². The van der Waals surface area contributed by atoms with Gasteiger partial charge in [0.1, 0.15) is 0 Å². The van der Waals surface area contributed by atoms with Gasteiger partial charge in [0.05, 0.1) is 17.6 Å². The predicted octanol–water partition coefficient (Wildman–Crippen LogP) is 2.96. The van der Waals surface area contributed by atoms with E-state index in [0.29, 0.717) is 17.2 Å². The van der Waals surface area contributed by atoms with Gasteiger partial charge < -0.3 is 9.30 Å². The number of aryl methyl sites for hydroxylation is 1. The Kier molecular flexibility index (Phi) is 5.22. The Morgan fingerprint density at radius 2 is 2.14 bits per heavy atom. The Bertz CT molecular complexity index is 639. The molecule has 0 aliphatic carbocycles. The van der Waals surface area contributed by atoms with Crippen molar-refractivity contribution in [3.05, 3.63) is 35.0 Å². The van der Waals surface area contributed by atoms with Gasteiger partial charge in [-0.15, -0.1) is 0 Å². The minimum Gasteiger partial charge on any atom is -0.385 e. The molecule has 0 saturated heterocycles. The number of carbonyl (C=O) groups is 1. The van der Waals surface area contributed by atoms with E-state index in [0.717, 1.165) is 23.9 Å². The van der Waals surface area contributed by atoms with Crippen LogP contribution in [0.3, 0.4) is 0 Å². The van der Waals surface area contributed by atoms with E-state index in [9.17, 15) is 4.79 Å². The highest BCUT2D eigenvalue weighted by atomic mass is 35.5. The third kappa shape index (κ3) is 3.37. The zero-order valence-corrected chi connectivity index (χ0v) is 13.2. The van der Waals surface area contributed by atoms with Crippen molar-refractivity contribution < 1.29 is 14.4 Å². The van der Waals surface area contributed by atoms with Crippen LogP contribution in [-0.2, 0) is 16.1 Å². The van der Waals surface area contributed by atoms with E-state index in [1.807, 2.05) is 22.9 Å². The first-order chi connectivity index (χ1) is 10.1.